The van der Waals surface area contributed by atoms with E-state index in [1.807, 2.05) is 30.3 Å². The predicted octanol–water partition coefficient (Wildman–Crippen LogP) is 2.47. The number of benzene rings is 2. The van der Waals surface area contributed by atoms with Gasteiger partial charge in [0.15, 0.2) is 11.5 Å². The smallest absolute Gasteiger partial charge is 0.251 e. The SMILES string of the molecule is COc1ccc(CNC(=O)c2cccc(CN3CCOCC3)c2)c(OC)c1OC. The summed E-state index contributed by atoms with van der Waals surface area (Å²) in [6, 6.07) is 11.4. The van der Waals surface area contributed by atoms with Crippen molar-refractivity contribution in [3.8, 4) is 17.2 Å². The van der Waals surface area contributed by atoms with Crippen LogP contribution < -0.4 is 19.5 Å². The third-order valence-corrected chi connectivity index (χ3v) is 4.92. The minimum atomic E-state index is -0.134. The maximum Gasteiger partial charge on any atom is 0.251 e. The third kappa shape index (κ3) is 5.19. The van der Waals surface area contributed by atoms with E-state index in [1.165, 1.54) is 0 Å². The largest absolute Gasteiger partial charge is 0.493 e. The molecule has 0 atom stereocenters. The van der Waals surface area contributed by atoms with Crippen LogP contribution in [0.3, 0.4) is 0 Å². The van der Waals surface area contributed by atoms with Crippen LogP contribution in [-0.4, -0.2) is 58.4 Å². The van der Waals surface area contributed by atoms with E-state index >= 15 is 0 Å². The average molecular weight is 400 g/mol. The molecule has 1 N–H and O–H groups in total. The highest BCUT2D eigenvalue weighted by atomic mass is 16.5. The van der Waals surface area contributed by atoms with Crippen LogP contribution in [0.15, 0.2) is 36.4 Å². The number of ether oxygens (including phenoxy) is 4. The first kappa shape index (κ1) is 21.0. The Balaban J connectivity index is 1.67. The van der Waals surface area contributed by atoms with Crippen molar-refractivity contribution < 1.29 is 23.7 Å². The quantitative estimate of drug-likeness (QED) is 0.734. The van der Waals surface area contributed by atoms with Crippen molar-refractivity contribution in [3.05, 3.63) is 53.1 Å². The van der Waals surface area contributed by atoms with Crippen molar-refractivity contribution >= 4 is 5.91 Å². The second kappa shape index (κ2) is 10.1. The molecule has 2 aromatic rings. The third-order valence-electron chi connectivity index (χ3n) is 4.92. The first-order valence-corrected chi connectivity index (χ1v) is 9.61. The minimum Gasteiger partial charge on any atom is -0.493 e. The van der Waals surface area contributed by atoms with Gasteiger partial charge < -0.3 is 24.3 Å². The van der Waals surface area contributed by atoms with Crippen LogP contribution >= 0.6 is 0 Å². The molecule has 1 amide bonds. The van der Waals surface area contributed by atoms with Gasteiger partial charge in [-0.25, -0.2) is 0 Å². The zero-order valence-corrected chi connectivity index (χ0v) is 17.2. The molecule has 156 valence electrons. The molecule has 0 radical (unpaired) electrons. The lowest BCUT2D eigenvalue weighted by Crippen LogP contribution is -2.35. The molecule has 7 heteroatoms. The molecule has 1 aliphatic rings. The van der Waals surface area contributed by atoms with Gasteiger partial charge in [0, 0.05) is 37.3 Å². The Kier molecular flexibility index (Phi) is 7.32. The topological polar surface area (TPSA) is 69.3 Å². The average Bonchev–Trinajstić information content (AvgIpc) is 2.77. The number of amides is 1. The van der Waals surface area contributed by atoms with Crippen LogP contribution in [0.25, 0.3) is 0 Å². The van der Waals surface area contributed by atoms with E-state index < -0.39 is 0 Å². The molecule has 29 heavy (non-hydrogen) atoms. The van der Waals surface area contributed by atoms with Gasteiger partial charge in [0.2, 0.25) is 5.75 Å². The molecular weight excluding hydrogens is 372 g/mol. The number of carbonyl (C=O) groups excluding carboxylic acids is 1. The Morgan fingerprint density at radius 2 is 1.79 bits per heavy atom. The number of hydrogen-bond donors (Lipinski definition) is 1. The van der Waals surface area contributed by atoms with Gasteiger partial charge in [0.1, 0.15) is 0 Å². The van der Waals surface area contributed by atoms with Gasteiger partial charge in [0.05, 0.1) is 34.5 Å². The number of rotatable bonds is 8. The van der Waals surface area contributed by atoms with Crippen LogP contribution in [-0.2, 0) is 17.8 Å². The molecule has 0 aromatic heterocycles. The minimum absolute atomic E-state index is 0.134. The summed E-state index contributed by atoms with van der Waals surface area (Å²) in [5, 5.41) is 2.96. The molecule has 1 aliphatic heterocycles. The molecule has 0 spiro atoms. The second-order valence-electron chi connectivity index (χ2n) is 6.77. The van der Waals surface area contributed by atoms with Crippen LogP contribution in [0.4, 0.5) is 0 Å². The predicted molar refractivity (Wildman–Crippen MR) is 110 cm³/mol. The maximum atomic E-state index is 12.7. The normalized spacial score (nSPS) is 14.3. The van der Waals surface area contributed by atoms with Crippen LogP contribution in [0.1, 0.15) is 21.5 Å². The van der Waals surface area contributed by atoms with E-state index in [2.05, 4.69) is 10.2 Å². The van der Waals surface area contributed by atoms with Crippen LogP contribution in [0, 0.1) is 0 Å². The van der Waals surface area contributed by atoms with Crippen LogP contribution in [0.5, 0.6) is 17.2 Å². The first-order chi connectivity index (χ1) is 14.2. The lowest BCUT2D eigenvalue weighted by atomic mass is 10.1. The molecule has 2 aromatic carbocycles. The molecule has 1 heterocycles. The number of nitrogens with one attached hydrogen (secondary N) is 1. The zero-order chi connectivity index (χ0) is 20.6. The molecule has 1 saturated heterocycles. The fraction of sp³-hybridized carbons (Fsp3) is 0.409. The molecular formula is C22H28N2O5. The number of morpholine rings is 1. The van der Waals surface area contributed by atoms with Crippen molar-refractivity contribution in [2.45, 2.75) is 13.1 Å². The van der Waals surface area contributed by atoms with Gasteiger partial charge in [0.25, 0.3) is 5.91 Å². The molecule has 3 rings (SSSR count). The highest BCUT2D eigenvalue weighted by Gasteiger charge is 2.17. The summed E-state index contributed by atoms with van der Waals surface area (Å²) in [6.45, 7) is 4.47. The molecule has 1 fully saturated rings. The van der Waals surface area contributed by atoms with Crippen molar-refractivity contribution in [3.63, 3.8) is 0 Å². The van der Waals surface area contributed by atoms with Crippen LogP contribution in [0.2, 0.25) is 0 Å². The number of nitrogens with zero attached hydrogens (tertiary/aromatic N) is 1. The van der Waals surface area contributed by atoms with E-state index in [9.17, 15) is 4.79 Å². The maximum absolute atomic E-state index is 12.7. The summed E-state index contributed by atoms with van der Waals surface area (Å²) >= 11 is 0. The van der Waals surface area contributed by atoms with Crippen molar-refractivity contribution in [1.82, 2.24) is 10.2 Å². The second-order valence-corrected chi connectivity index (χ2v) is 6.77. The van der Waals surface area contributed by atoms with E-state index in [4.69, 9.17) is 18.9 Å². The highest BCUT2D eigenvalue weighted by molar-refractivity contribution is 5.94. The Bertz CT molecular complexity index is 834. The molecule has 7 nitrogen and oxygen atoms in total. The molecule has 0 saturated carbocycles. The lowest BCUT2D eigenvalue weighted by molar-refractivity contribution is 0.0342. The molecule has 0 aliphatic carbocycles. The zero-order valence-electron chi connectivity index (χ0n) is 17.2. The number of carbonyl (C=O) groups is 1. The Morgan fingerprint density at radius 3 is 2.48 bits per heavy atom. The molecule has 0 unspecified atom stereocenters. The number of hydrogen-bond acceptors (Lipinski definition) is 6. The lowest BCUT2D eigenvalue weighted by Gasteiger charge is -2.26. The fourth-order valence-corrected chi connectivity index (χ4v) is 3.41. The van der Waals surface area contributed by atoms with Crippen molar-refractivity contribution in [2.75, 3.05) is 47.6 Å². The summed E-state index contributed by atoms with van der Waals surface area (Å²) < 4.78 is 21.6. The van der Waals surface area contributed by atoms with Gasteiger partial charge in [-0.15, -0.1) is 0 Å². The monoisotopic (exact) mass is 400 g/mol. The summed E-state index contributed by atoms with van der Waals surface area (Å²) in [5.41, 5.74) is 2.56. The van der Waals surface area contributed by atoms with Gasteiger partial charge >= 0.3 is 0 Å². The van der Waals surface area contributed by atoms with Gasteiger partial charge in [-0.05, 0) is 29.8 Å². The van der Waals surface area contributed by atoms with Gasteiger partial charge in [-0.3, -0.25) is 9.69 Å². The Hall–Kier alpha value is -2.77. The fourth-order valence-electron chi connectivity index (χ4n) is 3.41. The Morgan fingerprint density at radius 1 is 1.03 bits per heavy atom. The van der Waals surface area contributed by atoms with E-state index in [1.54, 1.807) is 27.4 Å². The van der Waals surface area contributed by atoms with Crippen molar-refractivity contribution in [1.29, 1.82) is 0 Å². The molecule has 0 bridgehead atoms. The Labute approximate surface area is 171 Å². The van der Waals surface area contributed by atoms with Gasteiger partial charge in [-0.1, -0.05) is 12.1 Å². The summed E-state index contributed by atoms with van der Waals surface area (Å²) in [7, 11) is 4.70. The number of methoxy groups -OCH3 is 3. The van der Waals surface area contributed by atoms with E-state index in [0.29, 0.717) is 29.4 Å². The summed E-state index contributed by atoms with van der Waals surface area (Å²) in [4.78, 5) is 15.0. The first-order valence-electron chi connectivity index (χ1n) is 9.61. The standard InChI is InChI=1S/C22H28N2O5/c1-26-19-8-7-18(20(27-2)21(19)28-3)14-23-22(25)17-6-4-5-16(13-17)15-24-9-11-29-12-10-24/h4-8,13H,9-12,14-15H2,1-3H3,(H,23,25). The van der Waals surface area contributed by atoms with Gasteiger partial charge in [-0.2, -0.15) is 0 Å². The van der Waals surface area contributed by atoms with Crippen molar-refractivity contribution in [2.24, 2.45) is 0 Å². The summed E-state index contributed by atoms with van der Waals surface area (Å²) in [5.74, 6) is 1.50. The van der Waals surface area contributed by atoms with E-state index in [-0.39, 0.29) is 5.91 Å². The highest BCUT2D eigenvalue weighted by Crippen LogP contribution is 2.39. The summed E-state index contributed by atoms with van der Waals surface area (Å²) in [6.07, 6.45) is 0. The van der Waals surface area contributed by atoms with E-state index in [0.717, 1.165) is 44.0 Å².